The zero-order chi connectivity index (χ0) is 18.8. The minimum Gasteiger partial charge on any atom is -0.506 e. The monoisotopic (exact) mass is 374 g/mol. The van der Waals surface area contributed by atoms with E-state index in [-0.39, 0.29) is 10.8 Å². The molecule has 0 aliphatic rings. The number of halogens is 1. The maximum atomic E-state index is 12.2. The second-order valence-corrected chi connectivity index (χ2v) is 6.51. The van der Waals surface area contributed by atoms with Crippen molar-refractivity contribution in [3.05, 3.63) is 88.9 Å². The zero-order valence-electron chi connectivity index (χ0n) is 14.2. The molecule has 4 nitrogen and oxygen atoms in total. The van der Waals surface area contributed by atoms with Crippen LogP contribution in [0, 0.1) is 0 Å². The Morgan fingerprint density at radius 2 is 1.63 bits per heavy atom. The average molecular weight is 375 g/mol. The number of carbonyl (C=O) groups excluding carboxylic acids is 1. The highest BCUT2D eigenvalue weighted by Crippen LogP contribution is 2.28. The summed E-state index contributed by atoms with van der Waals surface area (Å²) in [6.45, 7) is 0. The SMILES string of the molecule is O=C(NN=Cc1cc2ccccc2c2ccccc12)c1ccc(O)c(Cl)c1. The van der Waals surface area contributed by atoms with E-state index in [2.05, 4.69) is 28.7 Å². The lowest BCUT2D eigenvalue weighted by Crippen LogP contribution is -2.17. The smallest absolute Gasteiger partial charge is 0.271 e. The van der Waals surface area contributed by atoms with Gasteiger partial charge in [0.15, 0.2) is 0 Å². The van der Waals surface area contributed by atoms with Gasteiger partial charge in [-0.15, -0.1) is 0 Å². The highest BCUT2D eigenvalue weighted by molar-refractivity contribution is 6.32. The largest absolute Gasteiger partial charge is 0.506 e. The summed E-state index contributed by atoms with van der Waals surface area (Å²) in [4.78, 5) is 12.2. The van der Waals surface area contributed by atoms with E-state index in [9.17, 15) is 9.90 Å². The summed E-state index contributed by atoms with van der Waals surface area (Å²) < 4.78 is 0. The molecule has 0 spiro atoms. The fourth-order valence-corrected chi connectivity index (χ4v) is 3.24. The van der Waals surface area contributed by atoms with Crippen molar-refractivity contribution >= 4 is 45.3 Å². The average Bonchev–Trinajstić information content (AvgIpc) is 2.70. The van der Waals surface area contributed by atoms with E-state index in [1.807, 2.05) is 36.4 Å². The molecule has 4 aromatic carbocycles. The third kappa shape index (κ3) is 3.35. The fraction of sp³-hybridized carbons (Fsp3) is 0. The third-order valence-electron chi connectivity index (χ3n) is 4.38. The fourth-order valence-electron chi connectivity index (χ4n) is 3.06. The van der Waals surface area contributed by atoms with Crippen molar-refractivity contribution in [3.8, 4) is 5.75 Å². The number of aromatic hydroxyl groups is 1. The van der Waals surface area contributed by atoms with Crippen molar-refractivity contribution in [3.63, 3.8) is 0 Å². The zero-order valence-corrected chi connectivity index (χ0v) is 14.9. The van der Waals surface area contributed by atoms with Crippen molar-refractivity contribution in [1.29, 1.82) is 0 Å². The van der Waals surface area contributed by atoms with Gasteiger partial charge in [-0.1, -0.05) is 60.1 Å². The summed E-state index contributed by atoms with van der Waals surface area (Å²) in [5.41, 5.74) is 3.73. The van der Waals surface area contributed by atoms with Crippen molar-refractivity contribution in [1.82, 2.24) is 5.43 Å². The molecule has 0 atom stereocenters. The molecule has 4 aromatic rings. The van der Waals surface area contributed by atoms with E-state index in [0.29, 0.717) is 5.56 Å². The van der Waals surface area contributed by atoms with Crippen LogP contribution in [0.1, 0.15) is 15.9 Å². The van der Waals surface area contributed by atoms with Gasteiger partial charge in [-0.05, 0) is 45.8 Å². The molecular weight excluding hydrogens is 360 g/mol. The van der Waals surface area contributed by atoms with E-state index in [0.717, 1.165) is 21.7 Å². The van der Waals surface area contributed by atoms with Crippen LogP contribution in [0.25, 0.3) is 21.5 Å². The molecule has 0 aliphatic heterocycles. The molecule has 0 saturated carbocycles. The summed E-state index contributed by atoms with van der Waals surface area (Å²) >= 11 is 5.84. The van der Waals surface area contributed by atoms with Gasteiger partial charge in [-0.3, -0.25) is 4.79 Å². The molecule has 1 amide bonds. The van der Waals surface area contributed by atoms with Crippen LogP contribution in [0.2, 0.25) is 5.02 Å². The van der Waals surface area contributed by atoms with Crippen molar-refractivity contribution < 1.29 is 9.90 Å². The van der Waals surface area contributed by atoms with Crippen molar-refractivity contribution in [2.75, 3.05) is 0 Å². The lowest BCUT2D eigenvalue weighted by Gasteiger charge is -2.07. The Labute approximate surface area is 160 Å². The van der Waals surface area contributed by atoms with E-state index < -0.39 is 5.91 Å². The molecule has 27 heavy (non-hydrogen) atoms. The van der Waals surface area contributed by atoms with Crippen LogP contribution in [0.3, 0.4) is 0 Å². The minimum atomic E-state index is -0.404. The molecule has 0 bridgehead atoms. The molecule has 0 radical (unpaired) electrons. The van der Waals surface area contributed by atoms with Crippen molar-refractivity contribution in [2.45, 2.75) is 0 Å². The Bertz CT molecular complexity index is 1200. The number of hydrogen-bond acceptors (Lipinski definition) is 3. The predicted octanol–water partition coefficient (Wildman–Crippen LogP) is 5.12. The molecule has 0 unspecified atom stereocenters. The molecule has 0 aliphatic carbocycles. The lowest BCUT2D eigenvalue weighted by atomic mass is 9.98. The number of phenolic OH excluding ortho intramolecular Hbond substituents is 1. The normalized spacial score (nSPS) is 11.3. The molecule has 0 saturated heterocycles. The molecule has 0 fully saturated rings. The standard InChI is InChI=1S/C22H15ClN2O2/c23-20-12-15(9-10-21(20)26)22(27)25-24-13-16-11-14-5-1-2-6-17(14)19-8-4-3-7-18(16)19/h1-13,26H,(H,25,27). The number of nitrogens with zero attached hydrogens (tertiary/aromatic N) is 1. The van der Waals surface area contributed by atoms with E-state index >= 15 is 0 Å². The van der Waals surface area contributed by atoms with Crippen LogP contribution in [-0.2, 0) is 0 Å². The van der Waals surface area contributed by atoms with Gasteiger partial charge in [-0.25, -0.2) is 5.43 Å². The number of carbonyl (C=O) groups is 1. The Kier molecular flexibility index (Phi) is 4.48. The highest BCUT2D eigenvalue weighted by Gasteiger charge is 2.08. The van der Waals surface area contributed by atoms with Gasteiger partial charge in [0.05, 0.1) is 11.2 Å². The summed E-state index contributed by atoms with van der Waals surface area (Å²) in [7, 11) is 0. The van der Waals surface area contributed by atoms with Crippen LogP contribution in [0.4, 0.5) is 0 Å². The summed E-state index contributed by atoms with van der Waals surface area (Å²) in [5, 5.41) is 18.1. The van der Waals surface area contributed by atoms with E-state index in [4.69, 9.17) is 11.6 Å². The van der Waals surface area contributed by atoms with Gasteiger partial charge in [-0.2, -0.15) is 5.10 Å². The predicted molar refractivity (Wildman–Crippen MR) is 110 cm³/mol. The maximum Gasteiger partial charge on any atom is 0.271 e. The van der Waals surface area contributed by atoms with Gasteiger partial charge in [0.25, 0.3) is 5.91 Å². The molecule has 0 heterocycles. The molecule has 4 rings (SSSR count). The maximum absolute atomic E-state index is 12.2. The summed E-state index contributed by atoms with van der Waals surface area (Å²) in [6, 6.07) is 22.5. The van der Waals surface area contributed by atoms with Gasteiger partial charge in [0.2, 0.25) is 0 Å². The minimum absolute atomic E-state index is 0.0700. The number of hydrazone groups is 1. The topological polar surface area (TPSA) is 61.7 Å². The lowest BCUT2D eigenvalue weighted by molar-refractivity contribution is 0.0955. The van der Waals surface area contributed by atoms with Crippen LogP contribution in [0.5, 0.6) is 5.75 Å². The number of nitrogens with one attached hydrogen (secondary N) is 1. The van der Waals surface area contributed by atoms with Crippen molar-refractivity contribution in [2.24, 2.45) is 5.10 Å². The first-order chi connectivity index (χ1) is 13.1. The molecule has 132 valence electrons. The van der Waals surface area contributed by atoms with Crippen LogP contribution < -0.4 is 5.43 Å². The first kappa shape index (κ1) is 17.1. The van der Waals surface area contributed by atoms with Gasteiger partial charge < -0.3 is 5.11 Å². The molecule has 2 N–H and O–H groups in total. The third-order valence-corrected chi connectivity index (χ3v) is 4.68. The molecule has 0 aromatic heterocycles. The summed E-state index contributed by atoms with van der Waals surface area (Å²) in [5.74, 6) is -0.474. The van der Waals surface area contributed by atoms with E-state index in [1.165, 1.54) is 23.6 Å². The molecule has 5 heteroatoms. The number of rotatable bonds is 3. The van der Waals surface area contributed by atoms with Crippen LogP contribution >= 0.6 is 11.6 Å². The quantitative estimate of drug-likeness (QED) is 0.297. The van der Waals surface area contributed by atoms with Crippen LogP contribution in [-0.4, -0.2) is 17.2 Å². The second-order valence-electron chi connectivity index (χ2n) is 6.10. The Balaban J connectivity index is 1.66. The first-order valence-corrected chi connectivity index (χ1v) is 8.74. The first-order valence-electron chi connectivity index (χ1n) is 8.36. The number of fused-ring (bicyclic) bond motifs is 3. The van der Waals surface area contributed by atoms with Gasteiger partial charge in [0, 0.05) is 11.1 Å². The summed E-state index contributed by atoms with van der Waals surface area (Å²) in [6.07, 6.45) is 1.63. The number of benzene rings is 4. The number of hydrogen-bond donors (Lipinski definition) is 2. The Morgan fingerprint density at radius 3 is 2.41 bits per heavy atom. The van der Waals surface area contributed by atoms with E-state index in [1.54, 1.807) is 6.21 Å². The number of phenols is 1. The van der Waals surface area contributed by atoms with Gasteiger partial charge in [0.1, 0.15) is 5.75 Å². The van der Waals surface area contributed by atoms with Gasteiger partial charge >= 0.3 is 0 Å². The highest BCUT2D eigenvalue weighted by atomic mass is 35.5. The Hall–Kier alpha value is -3.37. The Morgan fingerprint density at radius 1 is 0.926 bits per heavy atom. The molecular formula is C22H15ClN2O2. The second kappa shape index (κ2) is 7.09. The number of amides is 1. The van der Waals surface area contributed by atoms with Crippen LogP contribution in [0.15, 0.2) is 77.9 Å².